The van der Waals surface area contributed by atoms with Crippen molar-refractivity contribution in [2.45, 2.75) is 72.6 Å². The summed E-state index contributed by atoms with van der Waals surface area (Å²) in [6.45, 7) is 9.38. The Morgan fingerprint density at radius 2 is 2.06 bits per heavy atom. The highest BCUT2D eigenvalue weighted by molar-refractivity contribution is 5.21. The smallest absolute Gasteiger partial charge is 0.0279 e. The van der Waals surface area contributed by atoms with Crippen molar-refractivity contribution >= 4 is 0 Å². The van der Waals surface area contributed by atoms with Gasteiger partial charge in [0, 0.05) is 0 Å². The molecule has 0 aliphatic heterocycles. The molecule has 0 aromatic rings. The first-order valence-corrected chi connectivity index (χ1v) is 7.39. The summed E-state index contributed by atoms with van der Waals surface area (Å²) in [4.78, 5) is 0. The topological polar surface area (TPSA) is 0 Å². The van der Waals surface area contributed by atoms with Crippen LogP contribution in [0.2, 0.25) is 0 Å². The van der Waals surface area contributed by atoms with E-state index in [4.69, 9.17) is 0 Å². The molecule has 0 spiro atoms. The average molecular weight is 234 g/mol. The second kappa shape index (κ2) is 7.03. The van der Waals surface area contributed by atoms with Crippen LogP contribution in [0.3, 0.4) is 0 Å². The second-order valence-corrected chi connectivity index (χ2v) is 6.51. The minimum Gasteiger partial charge on any atom is -0.0843 e. The molecule has 0 heterocycles. The Labute approximate surface area is 108 Å². The van der Waals surface area contributed by atoms with Crippen molar-refractivity contribution in [3.8, 4) is 0 Å². The molecule has 0 aromatic heterocycles. The lowest BCUT2D eigenvalue weighted by atomic mass is 9.73. The maximum atomic E-state index is 2.47. The Balaban J connectivity index is 2.31. The van der Waals surface area contributed by atoms with Gasteiger partial charge in [0.15, 0.2) is 0 Å². The fourth-order valence-corrected chi connectivity index (χ4v) is 2.54. The van der Waals surface area contributed by atoms with Gasteiger partial charge < -0.3 is 0 Å². The van der Waals surface area contributed by atoms with Crippen molar-refractivity contribution in [3.63, 3.8) is 0 Å². The van der Waals surface area contributed by atoms with Gasteiger partial charge in [-0.25, -0.2) is 0 Å². The van der Waals surface area contributed by atoms with Crippen LogP contribution in [0.25, 0.3) is 0 Å². The number of unbranched alkanes of at least 4 members (excludes halogenated alkanes) is 3. The number of hydrogen-bond donors (Lipinski definition) is 0. The molecule has 1 rings (SSSR count). The summed E-state index contributed by atoms with van der Waals surface area (Å²) < 4.78 is 0. The number of allylic oxidation sites excluding steroid dienone is 4. The van der Waals surface area contributed by atoms with Crippen molar-refractivity contribution in [1.82, 2.24) is 0 Å². The van der Waals surface area contributed by atoms with Gasteiger partial charge in [0.25, 0.3) is 0 Å². The normalized spacial score (nSPS) is 21.9. The third-order valence-electron chi connectivity index (χ3n) is 3.98. The Morgan fingerprint density at radius 1 is 1.29 bits per heavy atom. The maximum absolute atomic E-state index is 2.47. The van der Waals surface area contributed by atoms with E-state index in [1.54, 1.807) is 5.57 Å². The van der Waals surface area contributed by atoms with Gasteiger partial charge in [-0.2, -0.15) is 0 Å². The molecule has 0 N–H and O–H groups in total. The Hall–Kier alpha value is -0.520. The van der Waals surface area contributed by atoms with Gasteiger partial charge in [-0.1, -0.05) is 64.3 Å². The van der Waals surface area contributed by atoms with E-state index >= 15 is 0 Å². The molecule has 1 aliphatic rings. The van der Waals surface area contributed by atoms with Crippen LogP contribution in [-0.4, -0.2) is 0 Å². The highest BCUT2D eigenvalue weighted by Crippen LogP contribution is 2.37. The van der Waals surface area contributed by atoms with Crippen molar-refractivity contribution in [1.29, 1.82) is 0 Å². The van der Waals surface area contributed by atoms with E-state index in [0.29, 0.717) is 5.41 Å². The molecule has 17 heavy (non-hydrogen) atoms. The lowest BCUT2D eigenvalue weighted by Crippen LogP contribution is -2.21. The van der Waals surface area contributed by atoms with Crippen molar-refractivity contribution < 1.29 is 0 Å². The highest BCUT2D eigenvalue weighted by Gasteiger charge is 2.25. The zero-order chi connectivity index (χ0) is 12.7. The lowest BCUT2D eigenvalue weighted by molar-refractivity contribution is 0.221. The summed E-state index contributed by atoms with van der Waals surface area (Å²) in [5, 5.41) is 0. The van der Waals surface area contributed by atoms with Gasteiger partial charge in [0.1, 0.15) is 0 Å². The summed E-state index contributed by atoms with van der Waals surface area (Å²) in [5.74, 6) is 0.875. The van der Waals surface area contributed by atoms with Crippen LogP contribution in [0.5, 0.6) is 0 Å². The molecule has 0 nitrogen and oxygen atoms in total. The molecule has 0 fully saturated rings. The van der Waals surface area contributed by atoms with Gasteiger partial charge in [0.2, 0.25) is 0 Å². The lowest BCUT2D eigenvalue weighted by Gasteiger charge is -2.32. The summed E-state index contributed by atoms with van der Waals surface area (Å²) in [6.07, 6.45) is 16.4. The van der Waals surface area contributed by atoms with E-state index in [9.17, 15) is 0 Å². The van der Waals surface area contributed by atoms with Gasteiger partial charge in [-0.05, 0) is 43.4 Å². The Kier molecular flexibility index (Phi) is 6.02. The highest BCUT2D eigenvalue weighted by atomic mass is 14.3. The predicted octanol–water partition coefficient (Wildman–Crippen LogP) is 5.90. The first-order valence-electron chi connectivity index (χ1n) is 7.39. The average Bonchev–Trinajstić information content (AvgIpc) is 2.28. The monoisotopic (exact) mass is 234 g/mol. The Morgan fingerprint density at radius 3 is 2.59 bits per heavy atom. The Bertz CT molecular complexity index is 262. The summed E-state index contributed by atoms with van der Waals surface area (Å²) in [5.41, 5.74) is 2.05. The quantitative estimate of drug-likeness (QED) is 0.520. The fraction of sp³-hybridized carbons (Fsp3) is 0.765. The van der Waals surface area contributed by atoms with E-state index < -0.39 is 0 Å². The molecule has 0 radical (unpaired) electrons. The van der Waals surface area contributed by atoms with Crippen LogP contribution in [-0.2, 0) is 0 Å². The molecule has 98 valence electrons. The molecule has 1 unspecified atom stereocenters. The zero-order valence-electron chi connectivity index (χ0n) is 12.3. The summed E-state index contributed by atoms with van der Waals surface area (Å²) in [7, 11) is 0. The summed E-state index contributed by atoms with van der Waals surface area (Å²) >= 11 is 0. The molecule has 0 heteroatoms. The van der Waals surface area contributed by atoms with Crippen LogP contribution in [0, 0.1) is 11.3 Å². The van der Waals surface area contributed by atoms with Crippen molar-refractivity contribution in [2.75, 3.05) is 0 Å². The molecular weight excluding hydrogens is 204 g/mol. The standard InChI is InChI=1S/C17H30/c1-5-6-7-8-9-10-15-11-13-16(14-12-15)17(2,3)4/h9-11,16H,5-8,12-14H2,1-4H3/b10-9-. The summed E-state index contributed by atoms with van der Waals surface area (Å²) in [6, 6.07) is 0. The first kappa shape index (κ1) is 14.5. The van der Waals surface area contributed by atoms with Gasteiger partial charge >= 0.3 is 0 Å². The molecule has 1 atom stereocenters. The molecule has 1 aliphatic carbocycles. The molecule has 0 bridgehead atoms. The number of hydrogen-bond acceptors (Lipinski definition) is 0. The van der Waals surface area contributed by atoms with E-state index in [1.807, 2.05) is 0 Å². The predicted molar refractivity (Wildman–Crippen MR) is 78.2 cm³/mol. The number of rotatable bonds is 5. The molecule has 0 saturated carbocycles. The van der Waals surface area contributed by atoms with E-state index in [-0.39, 0.29) is 0 Å². The van der Waals surface area contributed by atoms with Crippen LogP contribution in [0.15, 0.2) is 23.8 Å². The first-order chi connectivity index (χ1) is 8.04. The maximum Gasteiger partial charge on any atom is -0.0279 e. The third kappa shape index (κ3) is 5.57. The molecule has 0 amide bonds. The van der Waals surface area contributed by atoms with E-state index in [2.05, 4.69) is 45.9 Å². The minimum absolute atomic E-state index is 0.479. The van der Waals surface area contributed by atoms with Gasteiger partial charge in [-0.3, -0.25) is 0 Å². The van der Waals surface area contributed by atoms with E-state index in [0.717, 1.165) is 5.92 Å². The van der Waals surface area contributed by atoms with Crippen LogP contribution >= 0.6 is 0 Å². The van der Waals surface area contributed by atoms with E-state index in [1.165, 1.54) is 44.9 Å². The SMILES string of the molecule is CCCCC/C=C\C1=CCC(C(C)(C)C)CC1. The molecular formula is C17H30. The van der Waals surface area contributed by atoms with Crippen LogP contribution < -0.4 is 0 Å². The van der Waals surface area contributed by atoms with Gasteiger partial charge in [-0.15, -0.1) is 0 Å². The van der Waals surface area contributed by atoms with Crippen molar-refractivity contribution in [3.05, 3.63) is 23.8 Å². The largest absolute Gasteiger partial charge is 0.0843 e. The van der Waals surface area contributed by atoms with Crippen LogP contribution in [0.1, 0.15) is 72.6 Å². The fourth-order valence-electron chi connectivity index (χ4n) is 2.54. The van der Waals surface area contributed by atoms with Gasteiger partial charge in [0.05, 0.1) is 0 Å². The third-order valence-corrected chi connectivity index (χ3v) is 3.98. The minimum atomic E-state index is 0.479. The second-order valence-electron chi connectivity index (χ2n) is 6.51. The molecule has 0 saturated heterocycles. The zero-order valence-corrected chi connectivity index (χ0v) is 12.3. The molecule has 0 aromatic carbocycles. The van der Waals surface area contributed by atoms with Crippen molar-refractivity contribution in [2.24, 2.45) is 11.3 Å². The van der Waals surface area contributed by atoms with Crippen LogP contribution in [0.4, 0.5) is 0 Å².